The van der Waals surface area contributed by atoms with E-state index in [1.54, 1.807) is 0 Å². The van der Waals surface area contributed by atoms with E-state index in [0.717, 1.165) is 25.8 Å². The summed E-state index contributed by atoms with van der Waals surface area (Å²) in [4.78, 5) is 17.1. The van der Waals surface area contributed by atoms with Crippen LogP contribution in [-0.4, -0.2) is 27.3 Å². The van der Waals surface area contributed by atoms with E-state index in [1.165, 1.54) is 89.9 Å². The van der Waals surface area contributed by atoms with Crippen molar-refractivity contribution in [2.45, 2.75) is 109 Å². The lowest BCUT2D eigenvalue weighted by Gasteiger charge is -2.05. The van der Waals surface area contributed by atoms with Gasteiger partial charge >= 0.3 is 7.82 Å². The van der Waals surface area contributed by atoms with E-state index in [-0.39, 0.29) is 6.61 Å². The number of thiocarbonyl (C=S) groups is 1. The van der Waals surface area contributed by atoms with Crippen LogP contribution in [0.3, 0.4) is 0 Å². The van der Waals surface area contributed by atoms with Crippen molar-refractivity contribution in [3.8, 4) is 0 Å². The van der Waals surface area contributed by atoms with Gasteiger partial charge < -0.3 is 15.1 Å². The van der Waals surface area contributed by atoms with Crippen LogP contribution in [0.15, 0.2) is 0 Å². The monoisotopic (exact) mass is 455 g/mol. The fraction of sp³-hybridized carbons (Fsp3) is 0.950. The van der Waals surface area contributed by atoms with Crippen LogP contribution in [0, 0.1) is 0 Å². The van der Waals surface area contributed by atoms with Gasteiger partial charge in [0.05, 0.1) is 6.61 Å². The zero-order valence-electron chi connectivity index (χ0n) is 17.4. The second-order valence-electron chi connectivity index (χ2n) is 7.57. The van der Waals surface area contributed by atoms with Crippen molar-refractivity contribution in [1.82, 2.24) is 5.32 Å². The van der Waals surface area contributed by atoms with E-state index < -0.39 is 7.82 Å². The Morgan fingerprint density at radius 1 is 0.714 bits per heavy atom. The normalized spacial score (nSPS) is 11.7. The molecule has 0 unspecified atom stereocenters. The van der Waals surface area contributed by atoms with Crippen molar-refractivity contribution in [3.05, 3.63) is 0 Å². The molecule has 0 rings (SSSR count). The quantitative estimate of drug-likeness (QED) is 0.0682. The van der Waals surface area contributed by atoms with Gasteiger partial charge in [-0.15, -0.1) is 12.6 Å². The lowest BCUT2D eigenvalue weighted by molar-refractivity contribution is 0.193. The lowest BCUT2D eigenvalue weighted by Crippen LogP contribution is -2.17. The van der Waals surface area contributed by atoms with Gasteiger partial charge in [-0.2, -0.15) is 0 Å². The van der Waals surface area contributed by atoms with Crippen molar-refractivity contribution in [3.63, 3.8) is 0 Å². The molecule has 28 heavy (non-hydrogen) atoms. The van der Waals surface area contributed by atoms with Gasteiger partial charge in [0, 0.05) is 6.54 Å². The molecule has 5 nitrogen and oxygen atoms in total. The molecule has 8 heteroatoms. The van der Waals surface area contributed by atoms with E-state index in [0.29, 0.717) is 4.32 Å². The van der Waals surface area contributed by atoms with E-state index >= 15 is 0 Å². The second-order valence-corrected chi connectivity index (χ2v) is 9.96. The summed E-state index contributed by atoms with van der Waals surface area (Å²) in [6.07, 6.45) is 21.4. The summed E-state index contributed by atoms with van der Waals surface area (Å²) in [5.41, 5.74) is 0. The zero-order valence-corrected chi connectivity index (χ0v) is 20.1. The average molecular weight is 456 g/mol. The SMILES string of the molecule is O=P(O)(O)OCCCCCCCCCCCCCCCCCCCNC(=S)S. The third-order valence-electron chi connectivity index (χ3n) is 4.86. The largest absolute Gasteiger partial charge is 0.469 e. The zero-order chi connectivity index (χ0) is 20.9. The minimum absolute atomic E-state index is 0.160. The molecule has 168 valence electrons. The summed E-state index contributed by atoms with van der Waals surface area (Å²) in [5.74, 6) is 0. The molecule has 0 fully saturated rings. The predicted molar refractivity (Wildman–Crippen MR) is 126 cm³/mol. The molecule has 0 radical (unpaired) electrons. The third kappa shape index (κ3) is 26.4. The molecule has 3 N–H and O–H groups in total. The molecule has 0 aliphatic rings. The maximum Gasteiger partial charge on any atom is 0.469 e. The van der Waals surface area contributed by atoms with Crippen molar-refractivity contribution < 1.29 is 18.9 Å². The summed E-state index contributed by atoms with van der Waals surface area (Å²) in [6, 6.07) is 0. The first kappa shape index (κ1) is 28.4. The molecular formula is C20H42NO4PS2. The van der Waals surface area contributed by atoms with Crippen LogP contribution in [0.1, 0.15) is 109 Å². The first-order valence-corrected chi connectivity index (χ1v) is 13.5. The highest BCUT2D eigenvalue weighted by Gasteiger charge is 2.12. The van der Waals surface area contributed by atoms with Crippen molar-refractivity contribution in [2.75, 3.05) is 13.2 Å². The van der Waals surface area contributed by atoms with Crippen LogP contribution in [0.5, 0.6) is 0 Å². The van der Waals surface area contributed by atoms with Crippen LogP contribution in [-0.2, 0) is 9.09 Å². The van der Waals surface area contributed by atoms with Crippen LogP contribution in [0.2, 0.25) is 0 Å². The van der Waals surface area contributed by atoms with Crippen molar-refractivity contribution in [2.24, 2.45) is 0 Å². The van der Waals surface area contributed by atoms with Gasteiger partial charge in [-0.25, -0.2) is 4.57 Å². The molecule has 0 amide bonds. The number of thiol groups is 1. The molecule has 0 aromatic heterocycles. The molecule has 0 atom stereocenters. The molecule has 0 saturated carbocycles. The Bertz CT molecular complexity index is 408. The minimum atomic E-state index is -4.27. The Kier molecular flexibility index (Phi) is 20.9. The number of phosphoric ester groups is 1. The topological polar surface area (TPSA) is 78.8 Å². The first-order chi connectivity index (χ1) is 13.4. The molecule has 0 aliphatic heterocycles. The summed E-state index contributed by atoms with van der Waals surface area (Å²) in [6.45, 7) is 1.12. The van der Waals surface area contributed by atoms with Gasteiger partial charge in [0.15, 0.2) is 0 Å². The Balaban J connectivity index is 3.05. The van der Waals surface area contributed by atoms with Crippen LogP contribution < -0.4 is 5.32 Å². The van der Waals surface area contributed by atoms with Crippen LogP contribution in [0.4, 0.5) is 0 Å². The van der Waals surface area contributed by atoms with Crippen LogP contribution >= 0.6 is 32.7 Å². The highest BCUT2D eigenvalue weighted by atomic mass is 32.1. The van der Waals surface area contributed by atoms with Gasteiger partial charge in [0.1, 0.15) is 4.32 Å². The van der Waals surface area contributed by atoms with E-state index in [2.05, 4.69) is 22.5 Å². The molecule has 0 aromatic carbocycles. The van der Waals surface area contributed by atoms with E-state index in [4.69, 9.17) is 22.0 Å². The average Bonchev–Trinajstić information content (AvgIpc) is 2.61. The third-order valence-corrected chi connectivity index (χ3v) is 5.68. The van der Waals surface area contributed by atoms with Gasteiger partial charge in [0.2, 0.25) is 0 Å². The Morgan fingerprint density at radius 2 is 1.04 bits per heavy atom. The fourth-order valence-corrected chi connectivity index (χ4v) is 3.84. The number of rotatable bonds is 21. The summed E-state index contributed by atoms with van der Waals surface area (Å²) in [7, 11) is -4.27. The maximum absolute atomic E-state index is 10.5. The van der Waals surface area contributed by atoms with E-state index in [9.17, 15) is 4.57 Å². The maximum atomic E-state index is 10.5. The van der Waals surface area contributed by atoms with Gasteiger partial charge in [-0.05, 0) is 12.8 Å². The fourth-order valence-electron chi connectivity index (χ4n) is 3.26. The Morgan fingerprint density at radius 3 is 1.36 bits per heavy atom. The van der Waals surface area contributed by atoms with Crippen molar-refractivity contribution in [1.29, 1.82) is 0 Å². The molecule has 0 aliphatic carbocycles. The summed E-state index contributed by atoms with van der Waals surface area (Å²) >= 11 is 8.90. The van der Waals surface area contributed by atoms with Gasteiger partial charge in [-0.1, -0.05) is 109 Å². The molecule has 0 saturated heterocycles. The summed E-state index contributed by atoms with van der Waals surface area (Å²) in [5, 5.41) is 3.07. The molecular weight excluding hydrogens is 413 g/mol. The predicted octanol–water partition coefficient (Wildman–Crippen LogP) is 6.53. The number of phosphoric acid groups is 1. The van der Waals surface area contributed by atoms with Crippen LogP contribution in [0.25, 0.3) is 0 Å². The lowest BCUT2D eigenvalue weighted by atomic mass is 10.0. The molecule has 0 spiro atoms. The Hall–Kier alpha value is 0.350. The number of hydrogen-bond donors (Lipinski definition) is 4. The van der Waals surface area contributed by atoms with Gasteiger partial charge in [-0.3, -0.25) is 4.52 Å². The molecule has 0 aromatic rings. The smallest absolute Gasteiger partial charge is 0.371 e. The Labute approximate surface area is 183 Å². The number of hydrogen-bond acceptors (Lipinski definition) is 3. The standard InChI is InChI=1S/C20H42NO4PS2/c22-26(23,24)25-19-17-15-13-11-9-7-5-3-1-2-4-6-8-10-12-14-16-18-21-20(27)28/h1-19H2,(H2,21,27,28)(H2,22,23,24). The van der Waals surface area contributed by atoms with Gasteiger partial charge in [0.25, 0.3) is 0 Å². The molecule has 0 bridgehead atoms. The number of unbranched alkanes of at least 4 members (excludes halogenated alkanes) is 16. The molecule has 0 heterocycles. The number of nitrogens with one attached hydrogen (secondary N) is 1. The minimum Gasteiger partial charge on any atom is -0.371 e. The first-order valence-electron chi connectivity index (χ1n) is 11.1. The highest BCUT2D eigenvalue weighted by Crippen LogP contribution is 2.35. The highest BCUT2D eigenvalue weighted by molar-refractivity contribution is 8.11. The second kappa shape index (κ2) is 20.6. The summed E-state index contributed by atoms with van der Waals surface area (Å²) < 4.78 is 15.5. The van der Waals surface area contributed by atoms with E-state index in [1.807, 2.05) is 0 Å². The van der Waals surface area contributed by atoms with Crippen molar-refractivity contribution >= 4 is 37.0 Å².